The summed E-state index contributed by atoms with van der Waals surface area (Å²) in [6, 6.07) is 7.63. The van der Waals surface area contributed by atoms with Gasteiger partial charge in [-0.25, -0.2) is 0 Å². The van der Waals surface area contributed by atoms with Gasteiger partial charge >= 0.3 is 0 Å². The first-order chi connectivity index (χ1) is 9.30. The number of rotatable bonds is 6. The number of amides is 1. The van der Waals surface area contributed by atoms with E-state index in [1.165, 1.54) is 0 Å². The molecule has 0 radical (unpaired) electrons. The summed E-state index contributed by atoms with van der Waals surface area (Å²) >= 11 is 0. The Bertz CT molecular complexity index is 418. The summed E-state index contributed by atoms with van der Waals surface area (Å²) in [5.41, 5.74) is 2.21. The molecule has 0 aliphatic carbocycles. The molecule has 0 aromatic heterocycles. The van der Waals surface area contributed by atoms with Crippen LogP contribution in [0.25, 0.3) is 0 Å². The normalized spacial score (nSPS) is 13.1. The van der Waals surface area contributed by atoms with Gasteiger partial charge in [-0.05, 0) is 28.9 Å². The zero-order chi connectivity index (χ0) is 15.2. The lowest BCUT2D eigenvalue weighted by Crippen LogP contribution is -2.25. The number of hydrogen-bond donors (Lipinski definition) is 2. The molecule has 1 amide bonds. The van der Waals surface area contributed by atoms with Crippen molar-refractivity contribution in [3.8, 4) is 0 Å². The highest BCUT2D eigenvalue weighted by molar-refractivity contribution is 5.76. The van der Waals surface area contributed by atoms with Crippen molar-refractivity contribution >= 4 is 5.91 Å². The SMILES string of the molecule is CC(CC(=O)NCc1ccc(CO)cc1)CC(C)(C)C. The first-order valence-electron chi connectivity index (χ1n) is 7.25. The Kier molecular flexibility index (Phi) is 6.21. The molecule has 0 saturated heterocycles. The predicted molar refractivity (Wildman–Crippen MR) is 82.1 cm³/mol. The monoisotopic (exact) mass is 277 g/mol. The van der Waals surface area contributed by atoms with Crippen LogP contribution in [0.3, 0.4) is 0 Å². The minimum absolute atomic E-state index is 0.0525. The molecule has 0 aliphatic rings. The van der Waals surface area contributed by atoms with Crippen molar-refractivity contribution < 1.29 is 9.90 Å². The number of hydrogen-bond acceptors (Lipinski definition) is 2. The molecule has 0 saturated carbocycles. The Balaban J connectivity index is 2.35. The fourth-order valence-corrected chi connectivity index (χ4v) is 2.47. The summed E-state index contributed by atoms with van der Waals surface area (Å²) in [7, 11) is 0. The van der Waals surface area contributed by atoms with Crippen LogP contribution in [0, 0.1) is 11.3 Å². The minimum Gasteiger partial charge on any atom is -0.392 e. The molecular weight excluding hydrogens is 250 g/mol. The van der Waals surface area contributed by atoms with Gasteiger partial charge in [0, 0.05) is 13.0 Å². The highest BCUT2D eigenvalue weighted by Gasteiger charge is 2.17. The lowest BCUT2D eigenvalue weighted by Gasteiger charge is -2.22. The molecule has 1 rings (SSSR count). The Morgan fingerprint density at radius 1 is 1.20 bits per heavy atom. The highest BCUT2D eigenvalue weighted by Crippen LogP contribution is 2.25. The van der Waals surface area contributed by atoms with Gasteiger partial charge in [0.1, 0.15) is 0 Å². The number of aliphatic hydroxyl groups is 1. The average molecular weight is 277 g/mol. The van der Waals surface area contributed by atoms with Crippen LogP contribution in [-0.2, 0) is 17.9 Å². The van der Waals surface area contributed by atoms with Gasteiger partial charge < -0.3 is 10.4 Å². The third-order valence-electron chi connectivity index (χ3n) is 3.19. The molecule has 1 unspecified atom stereocenters. The van der Waals surface area contributed by atoms with Gasteiger partial charge in [-0.1, -0.05) is 52.0 Å². The van der Waals surface area contributed by atoms with Gasteiger partial charge in [-0.2, -0.15) is 0 Å². The van der Waals surface area contributed by atoms with Crippen LogP contribution < -0.4 is 5.32 Å². The van der Waals surface area contributed by atoms with Crippen molar-refractivity contribution in [2.45, 2.75) is 53.7 Å². The number of carbonyl (C=O) groups is 1. The van der Waals surface area contributed by atoms with E-state index in [0.717, 1.165) is 17.5 Å². The Morgan fingerprint density at radius 2 is 1.75 bits per heavy atom. The molecule has 1 aromatic rings. The number of carbonyl (C=O) groups excluding carboxylic acids is 1. The van der Waals surface area contributed by atoms with Crippen LogP contribution in [0.2, 0.25) is 0 Å². The second-order valence-electron chi connectivity index (χ2n) is 6.83. The van der Waals surface area contributed by atoms with Crippen molar-refractivity contribution in [1.82, 2.24) is 5.32 Å². The number of aliphatic hydroxyl groups excluding tert-OH is 1. The third kappa shape index (κ3) is 6.71. The Labute approximate surface area is 122 Å². The molecule has 3 nitrogen and oxygen atoms in total. The summed E-state index contributed by atoms with van der Waals surface area (Å²) in [5, 5.41) is 11.9. The molecule has 20 heavy (non-hydrogen) atoms. The topological polar surface area (TPSA) is 49.3 Å². The molecule has 1 aromatic carbocycles. The molecule has 0 spiro atoms. The predicted octanol–water partition coefficient (Wildman–Crippen LogP) is 3.26. The maximum atomic E-state index is 11.9. The standard InChI is InChI=1S/C17H27NO2/c1-13(10-17(2,3)4)9-16(20)18-11-14-5-7-15(12-19)8-6-14/h5-8,13,19H,9-12H2,1-4H3,(H,18,20). The van der Waals surface area contributed by atoms with Crippen LogP contribution in [0.1, 0.15) is 51.7 Å². The fourth-order valence-electron chi connectivity index (χ4n) is 2.47. The van der Waals surface area contributed by atoms with E-state index in [1.54, 1.807) is 0 Å². The van der Waals surface area contributed by atoms with E-state index in [1.807, 2.05) is 24.3 Å². The van der Waals surface area contributed by atoms with E-state index in [0.29, 0.717) is 18.9 Å². The van der Waals surface area contributed by atoms with E-state index in [-0.39, 0.29) is 17.9 Å². The minimum atomic E-state index is 0.0525. The summed E-state index contributed by atoms with van der Waals surface area (Å²) < 4.78 is 0. The smallest absolute Gasteiger partial charge is 0.220 e. The summed E-state index contributed by atoms with van der Waals surface area (Å²) in [5.74, 6) is 0.500. The molecule has 0 heterocycles. The Hall–Kier alpha value is -1.35. The maximum absolute atomic E-state index is 11.9. The van der Waals surface area contributed by atoms with Gasteiger partial charge in [0.15, 0.2) is 0 Å². The van der Waals surface area contributed by atoms with E-state index >= 15 is 0 Å². The molecule has 1 atom stereocenters. The van der Waals surface area contributed by atoms with E-state index in [4.69, 9.17) is 5.11 Å². The van der Waals surface area contributed by atoms with Gasteiger partial charge in [-0.3, -0.25) is 4.79 Å². The number of nitrogens with one attached hydrogen (secondary N) is 1. The van der Waals surface area contributed by atoms with E-state index in [9.17, 15) is 4.79 Å². The first kappa shape index (κ1) is 16.7. The molecule has 3 heteroatoms. The zero-order valence-electron chi connectivity index (χ0n) is 13.1. The van der Waals surface area contributed by atoms with E-state index < -0.39 is 0 Å². The van der Waals surface area contributed by atoms with Gasteiger partial charge in [0.2, 0.25) is 5.91 Å². The fraction of sp³-hybridized carbons (Fsp3) is 0.588. The van der Waals surface area contributed by atoms with Crippen molar-refractivity contribution in [2.24, 2.45) is 11.3 Å². The summed E-state index contributed by atoms with van der Waals surface area (Å²) in [6.45, 7) is 9.32. The maximum Gasteiger partial charge on any atom is 0.220 e. The van der Waals surface area contributed by atoms with Crippen molar-refractivity contribution in [1.29, 1.82) is 0 Å². The molecule has 112 valence electrons. The van der Waals surface area contributed by atoms with Crippen LogP contribution in [-0.4, -0.2) is 11.0 Å². The second-order valence-corrected chi connectivity index (χ2v) is 6.83. The number of benzene rings is 1. The van der Waals surface area contributed by atoms with Crippen molar-refractivity contribution in [3.05, 3.63) is 35.4 Å². The van der Waals surface area contributed by atoms with Crippen molar-refractivity contribution in [2.75, 3.05) is 0 Å². The van der Waals surface area contributed by atoms with Crippen LogP contribution in [0.5, 0.6) is 0 Å². The second kappa shape index (κ2) is 7.44. The molecule has 0 aliphatic heterocycles. The zero-order valence-corrected chi connectivity index (χ0v) is 13.1. The van der Waals surface area contributed by atoms with Crippen LogP contribution >= 0.6 is 0 Å². The lowest BCUT2D eigenvalue weighted by atomic mass is 9.84. The van der Waals surface area contributed by atoms with Crippen LogP contribution in [0.4, 0.5) is 0 Å². The Morgan fingerprint density at radius 3 is 2.25 bits per heavy atom. The van der Waals surface area contributed by atoms with Gasteiger partial charge in [0.05, 0.1) is 6.61 Å². The molecule has 0 bridgehead atoms. The summed E-state index contributed by atoms with van der Waals surface area (Å²) in [4.78, 5) is 11.9. The lowest BCUT2D eigenvalue weighted by molar-refractivity contribution is -0.122. The molecule has 2 N–H and O–H groups in total. The largest absolute Gasteiger partial charge is 0.392 e. The van der Waals surface area contributed by atoms with E-state index in [2.05, 4.69) is 33.0 Å². The van der Waals surface area contributed by atoms with Crippen LogP contribution in [0.15, 0.2) is 24.3 Å². The van der Waals surface area contributed by atoms with Gasteiger partial charge in [-0.15, -0.1) is 0 Å². The average Bonchev–Trinajstić information content (AvgIpc) is 2.34. The molecular formula is C17H27NO2. The van der Waals surface area contributed by atoms with Gasteiger partial charge in [0.25, 0.3) is 0 Å². The molecule has 0 fully saturated rings. The third-order valence-corrected chi connectivity index (χ3v) is 3.19. The highest BCUT2D eigenvalue weighted by atomic mass is 16.3. The first-order valence-corrected chi connectivity index (χ1v) is 7.25. The van der Waals surface area contributed by atoms with Crippen molar-refractivity contribution in [3.63, 3.8) is 0 Å². The quantitative estimate of drug-likeness (QED) is 0.838. The summed E-state index contributed by atoms with van der Waals surface area (Å²) in [6.07, 6.45) is 1.62.